The Morgan fingerprint density at radius 1 is 1.59 bits per heavy atom. The monoisotopic (exact) mass is 259 g/mol. The van der Waals surface area contributed by atoms with Crippen molar-refractivity contribution in [1.82, 2.24) is 5.32 Å². The Hall–Kier alpha value is -1.13. The molecule has 0 aromatic heterocycles. The predicted molar refractivity (Wildman–Crippen MR) is 62.0 cm³/mol. The molecular formula is C10H17N3O3S. The van der Waals surface area contributed by atoms with Crippen LogP contribution in [-0.2, 0) is 14.8 Å². The second kappa shape index (κ2) is 5.02. The summed E-state index contributed by atoms with van der Waals surface area (Å²) in [5, 5.41) is 16.4. The van der Waals surface area contributed by atoms with E-state index in [2.05, 4.69) is 5.32 Å². The fourth-order valence-corrected chi connectivity index (χ4v) is 2.65. The highest BCUT2D eigenvalue weighted by Crippen LogP contribution is 2.44. The Labute approximate surface area is 101 Å². The standard InChI is InChI=1S/C10H17N3O3S/c1-8-5-10(6-8,7-11)9(14)13-3-2-4-17(12,15)16/h8H,2-6H2,1H3,(H,13,14)(H2,12,15,16). The first-order chi connectivity index (χ1) is 7.79. The summed E-state index contributed by atoms with van der Waals surface area (Å²) in [6.45, 7) is 2.22. The van der Waals surface area contributed by atoms with E-state index in [4.69, 9.17) is 10.4 Å². The van der Waals surface area contributed by atoms with Crippen LogP contribution < -0.4 is 10.5 Å². The van der Waals surface area contributed by atoms with Gasteiger partial charge in [0.25, 0.3) is 0 Å². The smallest absolute Gasteiger partial charge is 0.240 e. The summed E-state index contributed by atoms with van der Waals surface area (Å²) in [6, 6.07) is 2.05. The van der Waals surface area contributed by atoms with Crippen LogP contribution in [0.4, 0.5) is 0 Å². The summed E-state index contributed by atoms with van der Waals surface area (Å²) in [4.78, 5) is 11.7. The fourth-order valence-electron chi connectivity index (χ4n) is 2.10. The molecule has 0 radical (unpaired) electrons. The van der Waals surface area contributed by atoms with Crippen molar-refractivity contribution in [1.29, 1.82) is 5.26 Å². The van der Waals surface area contributed by atoms with Crippen LogP contribution in [0.15, 0.2) is 0 Å². The zero-order chi connectivity index (χ0) is 13.1. The SMILES string of the molecule is CC1CC(C#N)(C(=O)NCCCS(N)(=O)=O)C1. The van der Waals surface area contributed by atoms with Crippen LogP contribution >= 0.6 is 0 Å². The first kappa shape index (κ1) is 13.9. The van der Waals surface area contributed by atoms with Crippen molar-refractivity contribution in [2.45, 2.75) is 26.2 Å². The maximum atomic E-state index is 11.7. The van der Waals surface area contributed by atoms with E-state index in [0.29, 0.717) is 18.8 Å². The minimum atomic E-state index is -3.48. The summed E-state index contributed by atoms with van der Waals surface area (Å²) >= 11 is 0. The van der Waals surface area contributed by atoms with Crippen molar-refractivity contribution in [3.63, 3.8) is 0 Å². The predicted octanol–water partition coefficient (Wildman–Crippen LogP) is -0.279. The van der Waals surface area contributed by atoms with Crippen LogP contribution in [0.1, 0.15) is 26.2 Å². The van der Waals surface area contributed by atoms with Crippen LogP contribution in [0.3, 0.4) is 0 Å². The Bertz CT molecular complexity index is 432. The zero-order valence-corrected chi connectivity index (χ0v) is 10.6. The lowest BCUT2D eigenvalue weighted by atomic mass is 9.63. The first-order valence-electron chi connectivity index (χ1n) is 5.49. The number of nitrogens with one attached hydrogen (secondary N) is 1. The molecule has 1 amide bonds. The molecule has 0 aromatic rings. The highest BCUT2D eigenvalue weighted by molar-refractivity contribution is 7.89. The van der Waals surface area contributed by atoms with Gasteiger partial charge in [0.15, 0.2) is 0 Å². The normalized spacial score (nSPS) is 27.9. The van der Waals surface area contributed by atoms with Crippen LogP contribution in [-0.4, -0.2) is 26.6 Å². The summed E-state index contributed by atoms with van der Waals surface area (Å²) in [6.07, 6.45) is 1.41. The van der Waals surface area contributed by atoms with Crippen molar-refractivity contribution in [3.05, 3.63) is 0 Å². The van der Waals surface area contributed by atoms with Gasteiger partial charge in [0.1, 0.15) is 5.41 Å². The van der Waals surface area contributed by atoms with Crippen LogP contribution in [0.25, 0.3) is 0 Å². The largest absolute Gasteiger partial charge is 0.355 e. The van der Waals surface area contributed by atoms with Gasteiger partial charge in [0.2, 0.25) is 15.9 Å². The van der Waals surface area contributed by atoms with E-state index < -0.39 is 15.4 Å². The minimum absolute atomic E-state index is 0.163. The van der Waals surface area contributed by atoms with E-state index in [9.17, 15) is 13.2 Å². The first-order valence-corrected chi connectivity index (χ1v) is 7.21. The second-order valence-corrected chi connectivity index (χ2v) is 6.42. The molecule has 0 heterocycles. The zero-order valence-electron chi connectivity index (χ0n) is 9.77. The summed E-state index contributed by atoms with van der Waals surface area (Å²) < 4.78 is 21.3. The Morgan fingerprint density at radius 3 is 2.59 bits per heavy atom. The lowest BCUT2D eigenvalue weighted by molar-refractivity contribution is -0.133. The van der Waals surface area contributed by atoms with Crippen molar-refractivity contribution in [3.8, 4) is 6.07 Å². The summed E-state index contributed by atoms with van der Waals surface area (Å²) in [5.74, 6) is -0.0687. The van der Waals surface area contributed by atoms with Gasteiger partial charge in [-0.1, -0.05) is 6.92 Å². The number of carbonyl (C=O) groups is 1. The maximum absolute atomic E-state index is 11.7. The van der Waals surface area contributed by atoms with E-state index >= 15 is 0 Å². The van der Waals surface area contributed by atoms with Gasteiger partial charge in [0, 0.05) is 6.54 Å². The fraction of sp³-hybridized carbons (Fsp3) is 0.800. The number of hydrogen-bond acceptors (Lipinski definition) is 4. The minimum Gasteiger partial charge on any atom is -0.355 e. The average Bonchev–Trinajstić information content (AvgIpc) is 2.17. The van der Waals surface area contributed by atoms with E-state index in [-0.39, 0.29) is 24.6 Å². The lowest BCUT2D eigenvalue weighted by Gasteiger charge is -2.39. The molecule has 6 nitrogen and oxygen atoms in total. The molecule has 0 unspecified atom stereocenters. The van der Waals surface area contributed by atoms with Crippen molar-refractivity contribution in [2.75, 3.05) is 12.3 Å². The molecule has 1 rings (SSSR count). The molecule has 0 spiro atoms. The third-order valence-corrected chi connectivity index (χ3v) is 3.79. The van der Waals surface area contributed by atoms with E-state index in [1.165, 1.54) is 0 Å². The lowest BCUT2D eigenvalue weighted by Crippen LogP contribution is -2.48. The molecule has 0 atom stereocenters. The quantitative estimate of drug-likeness (QED) is 0.661. The molecule has 1 aliphatic carbocycles. The number of nitriles is 1. The molecule has 7 heteroatoms. The van der Waals surface area contributed by atoms with E-state index in [1.807, 2.05) is 13.0 Å². The van der Waals surface area contributed by atoms with Crippen molar-refractivity contribution < 1.29 is 13.2 Å². The second-order valence-electron chi connectivity index (χ2n) is 4.68. The molecule has 0 saturated heterocycles. The number of primary sulfonamides is 1. The molecular weight excluding hydrogens is 242 g/mol. The van der Waals surface area contributed by atoms with E-state index in [0.717, 1.165) is 0 Å². The molecule has 96 valence electrons. The van der Waals surface area contributed by atoms with Gasteiger partial charge in [-0.25, -0.2) is 13.6 Å². The Morgan fingerprint density at radius 2 is 2.18 bits per heavy atom. The Kier molecular flexibility index (Phi) is 4.11. The molecule has 0 aromatic carbocycles. The van der Waals surface area contributed by atoms with Gasteiger partial charge < -0.3 is 5.32 Å². The van der Waals surface area contributed by atoms with Crippen LogP contribution in [0.5, 0.6) is 0 Å². The van der Waals surface area contributed by atoms with Crippen molar-refractivity contribution in [2.24, 2.45) is 16.5 Å². The molecule has 0 bridgehead atoms. The molecule has 0 aliphatic heterocycles. The van der Waals surface area contributed by atoms with Crippen LogP contribution in [0, 0.1) is 22.7 Å². The molecule has 1 saturated carbocycles. The molecule has 3 N–H and O–H groups in total. The van der Waals surface area contributed by atoms with Gasteiger partial charge in [-0.05, 0) is 25.2 Å². The number of nitrogens with zero attached hydrogens (tertiary/aromatic N) is 1. The number of amides is 1. The molecule has 1 fully saturated rings. The van der Waals surface area contributed by atoms with Crippen molar-refractivity contribution >= 4 is 15.9 Å². The van der Waals surface area contributed by atoms with E-state index in [1.54, 1.807) is 0 Å². The van der Waals surface area contributed by atoms with Gasteiger partial charge in [-0.3, -0.25) is 4.79 Å². The summed E-state index contributed by atoms with van der Waals surface area (Å²) in [7, 11) is -3.48. The third kappa shape index (κ3) is 3.68. The highest BCUT2D eigenvalue weighted by Gasteiger charge is 2.48. The molecule has 1 aliphatic rings. The topological polar surface area (TPSA) is 113 Å². The number of rotatable bonds is 5. The number of carbonyl (C=O) groups excluding carboxylic acids is 1. The van der Waals surface area contributed by atoms with Gasteiger partial charge in [-0.15, -0.1) is 0 Å². The van der Waals surface area contributed by atoms with Gasteiger partial charge >= 0.3 is 0 Å². The summed E-state index contributed by atoms with van der Waals surface area (Å²) in [5.41, 5.74) is -0.902. The van der Waals surface area contributed by atoms with Crippen LogP contribution in [0.2, 0.25) is 0 Å². The van der Waals surface area contributed by atoms with Gasteiger partial charge in [0.05, 0.1) is 11.8 Å². The number of sulfonamides is 1. The Balaban J connectivity index is 2.33. The average molecular weight is 259 g/mol. The highest BCUT2D eigenvalue weighted by atomic mass is 32.2. The maximum Gasteiger partial charge on any atom is 0.240 e. The van der Waals surface area contributed by atoms with Gasteiger partial charge in [-0.2, -0.15) is 5.26 Å². The number of hydrogen-bond donors (Lipinski definition) is 2. The molecule has 17 heavy (non-hydrogen) atoms. The number of nitrogens with two attached hydrogens (primary N) is 1. The third-order valence-electron chi connectivity index (χ3n) is 2.93.